The van der Waals surface area contributed by atoms with Crippen LogP contribution < -0.4 is 10.6 Å². The molecule has 1 unspecified atom stereocenters. The number of carbonyl (C=O) groups is 1. The molecule has 106 valence electrons. The molecule has 0 saturated heterocycles. The molecule has 0 spiro atoms. The predicted octanol–water partition coefficient (Wildman–Crippen LogP) is 4.19. The van der Waals surface area contributed by atoms with Crippen molar-refractivity contribution in [2.24, 2.45) is 0 Å². The van der Waals surface area contributed by atoms with Crippen LogP contribution in [-0.4, -0.2) is 22.7 Å². The lowest BCUT2D eigenvalue weighted by Crippen LogP contribution is -2.49. The zero-order valence-electron chi connectivity index (χ0n) is 9.92. The molecule has 0 aliphatic carbocycles. The van der Waals surface area contributed by atoms with E-state index in [1.165, 1.54) is 0 Å². The van der Waals surface area contributed by atoms with E-state index in [4.69, 9.17) is 51.1 Å². The number of rotatable bonds is 4. The molecule has 0 heterocycles. The van der Waals surface area contributed by atoms with E-state index in [0.29, 0.717) is 10.7 Å². The van der Waals surface area contributed by atoms with Gasteiger partial charge in [-0.2, -0.15) is 0 Å². The van der Waals surface area contributed by atoms with Crippen LogP contribution in [0.15, 0.2) is 24.3 Å². The van der Waals surface area contributed by atoms with Gasteiger partial charge in [0.15, 0.2) is 0 Å². The predicted molar refractivity (Wildman–Crippen MR) is 79.3 cm³/mol. The van der Waals surface area contributed by atoms with Gasteiger partial charge in [-0.05, 0) is 31.2 Å². The molecule has 0 aliphatic heterocycles. The van der Waals surface area contributed by atoms with Crippen LogP contribution in [0.4, 0.5) is 10.5 Å². The molecule has 1 rings (SSSR count). The largest absolute Gasteiger partial charge is 0.450 e. The molecular formula is C11H12Cl4N2O2. The van der Waals surface area contributed by atoms with Gasteiger partial charge in [-0.3, -0.25) is 5.32 Å². The van der Waals surface area contributed by atoms with Gasteiger partial charge in [0.1, 0.15) is 6.17 Å². The number of alkyl halides is 3. The number of halogens is 4. The van der Waals surface area contributed by atoms with Gasteiger partial charge in [0.25, 0.3) is 0 Å². The Morgan fingerprint density at radius 2 is 1.89 bits per heavy atom. The van der Waals surface area contributed by atoms with Crippen molar-refractivity contribution >= 4 is 58.2 Å². The van der Waals surface area contributed by atoms with E-state index < -0.39 is 16.1 Å². The number of amides is 1. The van der Waals surface area contributed by atoms with Gasteiger partial charge in [-0.15, -0.1) is 0 Å². The molecule has 1 amide bonds. The number of nitrogens with one attached hydrogen (secondary N) is 2. The van der Waals surface area contributed by atoms with Crippen molar-refractivity contribution in [3.8, 4) is 0 Å². The van der Waals surface area contributed by atoms with Crippen LogP contribution in [0.3, 0.4) is 0 Å². The second kappa shape index (κ2) is 7.29. The van der Waals surface area contributed by atoms with Gasteiger partial charge in [-0.25, -0.2) is 4.79 Å². The van der Waals surface area contributed by atoms with Crippen molar-refractivity contribution in [2.45, 2.75) is 16.9 Å². The summed E-state index contributed by atoms with van der Waals surface area (Å²) in [6.07, 6.45) is -1.63. The molecule has 19 heavy (non-hydrogen) atoms. The summed E-state index contributed by atoms with van der Waals surface area (Å²) in [7, 11) is 0. The second-order valence-corrected chi connectivity index (χ2v) is 6.30. The topological polar surface area (TPSA) is 50.4 Å². The van der Waals surface area contributed by atoms with Gasteiger partial charge in [0.2, 0.25) is 3.79 Å². The van der Waals surface area contributed by atoms with E-state index in [1.54, 1.807) is 31.2 Å². The standard InChI is InChI=1S/C11H12Cl4N2O2/c1-2-19-10(18)17-9(11(13,14)15)16-8-5-3-7(12)4-6-8/h3-6,9,16H,2H2,1H3,(H,17,18). The molecule has 0 aliphatic rings. The van der Waals surface area contributed by atoms with E-state index in [-0.39, 0.29) is 6.61 Å². The molecule has 1 atom stereocenters. The Morgan fingerprint density at radius 3 is 2.37 bits per heavy atom. The van der Waals surface area contributed by atoms with Gasteiger partial charge >= 0.3 is 6.09 Å². The highest BCUT2D eigenvalue weighted by Gasteiger charge is 2.34. The number of carbonyl (C=O) groups excluding carboxylic acids is 1. The minimum Gasteiger partial charge on any atom is -0.450 e. The quantitative estimate of drug-likeness (QED) is 0.635. The first-order valence-electron chi connectivity index (χ1n) is 5.35. The second-order valence-electron chi connectivity index (χ2n) is 3.49. The fourth-order valence-electron chi connectivity index (χ4n) is 1.20. The Labute approximate surface area is 131 Å². The minimum absolute atomic E-state index is 0.222. The van der Waals surface area contributed by atoms with E-state index in [9.17, 15) is 4.79 Å². The van der Waals surface area contributed by atoms with E-state index >= 15 is 0 Å². The van der Waals surface area contributed by atoms with Crippen LogP contribution in [0.25, 0.3) is 0 Å². The van der Waals surface area contributed by atoms with Crippen LogP contribution in [0, 0.1) is 0 Å². The molecule has 0 saturated carbocycles. The van der Waals surface area contributed by atoms with Crippen molar-refractivity contribution in [1.82, 2.24) is 5.32 Å². The van der Waals surface area contributed by atoms with Crippen LogP contribution in [0.2, 0.25) is 5.02 Å². The lowest BCUT2D eigenvalue weighted by Gasteiger charge is -2.26. The molecule has 0 aromatic heterocycles. The number of anilines is 1. The lowest BCUT2D eigenvalue weighted by atomic mass is 10.3. The highest BCUT2D eigenvalue weighted by Crippen LogP contribution is 2.31. The molecule has 0 radical (unpaired) electrons. The maximum absolute atomic E-state index is 11.4. The van der Waals surface area contributed by atoms with E-state index in [0.717, 1.165) is 0 Å². The van der Waals surface area contributed by atoms with Crippen LogP contribution in [0.5, 0.6) is 0 Å². The summed E-state index contributed by atoms with van der Waals surface area (Å²) in [6, 6.07) is 6.73. The average molecular weight is 346 g/mol. The summed E-state index contributed by atoms with van der Waals surface area (Å²) in [6.45, 7) is 1.90. The Balaban J connectivity index is 2.75. The minimum atomic E-state index is -1.74. The molecule has 0 fully saturated rings. The van der Waals surface area contributed by atoms with E-state index in [2.05, 4.69) is 10.6 Å². The fourth-order valence-corrected chi connectivity index (χ4v) is 1.66. The number of ether oxygens (including phenoxy) is 1. The van der Waals surface area contributed by atoms with Gasteiger partial charge in [-0.1, -0.05) is 46.4 Å². The van der Waals surface area contributed by atoms with E-state index in [1.807, 2.05) is 0 Å². The first kappa shape index (κ1) is 16.5. The van der Waals surface area contributed by atoms with Crippen molar-refractivity contribution in [1.29, 1.82) is 0 Å². The highest BCUT2D eigenvalue weighted by molar-refractivity contribution is 6.68. The normalized spacial score (nSPS) is 12.7. The Hall–Kier alpha value is -0.550. The number of benzene rings is 1. The zero-order valence-corrected chi connectivity index (χ0v) is 12.9. The number of hydrogen-bond acceptors (Lipinski definition) is 3. The molecule has 0 bridgehead atoms. The molecule has 4 nitrogen and oxygen atoms in total. The SMILES string of the molecule is CCOC(=O)NC(Nc1ccc(Cl)cc1)C(Cl)(Cl)Cl. The summed E-state index contributed by atoms with van der Waals surface area (Å²) in [5, 5.41) is 5.87. The third-order valence-corrected chi connectivity index (χ3v) is 2.93. The van der Waals surface area contributed by atoms with Gasteiger partial charge < -0.3 is 10.1 Å². The Bertz CT molecular complexity index is 420. The maximum atomic E-state index is 11.4. The first-order chi connectivity index (χ1) is 8.82. The molecule has 1 aromatic rings. The molecule has 1 aromatic carbocycles. The average Bonchev–Trinajstić information content (AvgIpc) is 2.30. The Morgan fingerprint density at radius 1 is 1.32 bits per heavy atom. The van der Waals surface area contributed by atoms with Gasteiger partial charge in [0.05, 0.1) is 6.61 Å². The first-order valence-corrected chi connectivity index (χ1v) is 6.86. The maximum Gasteiger partial charge on any atom is 0.408 e. The summed E-state index contributed by atoms with van der Waals surface area (Å²) in [5.74, 6) is 0. The van der Waals surface area contributed by atoms with Crippen LogP contribution in [0.1, 0.15) is 6.92 Å². The summed E-state index contributed by atoms with van der Waals surface area (Å²) in [5.41, 5.74) is 0.637. The number of hydrogen-bond donors (Lipinski definition) is 2. The van der Waals surface area contributed by atoms with Crippen molar-refractivity contribution < 1.29 is 9.53 Å². The van der Waals surface area contributed by atoms with Gasteiger partial charge in [0, 0.05) is 10.7 Å². The smallest absolute Gasteiger partial charge is 0.408 e. The van der Waals surface area contributed by atoms with Crippen LogP contribution in [-0.2, 0) is 4.74 Å². The third-order valence-electron chi connectivity index (χ3n) is 2.02. The lowest BCUT2D eigenvalue weighted by molar-refractivity contribution is 0.149. The third kappa shape index (κ3) is 5.95. The summed E-state index contributed by atoms with van der Waals surface area (Å²) in [4.78, 5) is 11.4. The summed E-state index contributed by atoms with van der Waals surface area (Å²) < 4.78 is 2.99. The highest BCUT2D eigenvalue weighted by atomic mass is 35.6. The molecular weight excluding hydrogens is 334 g/mol. The molecule has 2 N–H and O–H groups in total. The van der Waals surface area contributed by atoms with Crippen molar-refractivity contribution in [3.05, 3.63) is 29.3 Å². The zero-order chi connectivity index (χ0) is 14.5. The van der Waals surface area contributed by atoms with Crippen LogP contribution >= 0.6 is 46.4 Å². The van der Waals surface area contributed by atoms with Crippen molar-refractivity contribution in [3.63, 3.8) is 0 Å². The van der Waals surface area contributed by atoms with Crippen molar-refractivity contribution in [2.75, 3.05) is 11.9 Å². The monoisotopic (exact) mass is 344 g/mol. The summed E-state index contributed by atoms with van der Waals surface area (Å²) >= 11 is 23.2. The number of alkyl carbamates (subject to hydrolysis) is 1. The Kier molecular flexibility index (Phi) is 6.33. The fraction of sp³-hybridized carbons (Fsp3) is 0.364. The molecule has 8 heteroatoms.